The van der Waals surface area contributed by atoms with Crippen molar-refractivity contribution in [3.05, 3.63) is 0 Å². The monoisotopic (exact) mass is 203 g/mol. The van der Waals surface area contributed by atoms with Crippen molar-refractivity contribution in [2.24, 2.45) is 0 Å². The first-order valence-electron chi connectivity index (χ1n) is 5.56. The minimum absolute atomic E-state index is 0.511. The van der Waals surface area contributed by atoms with Crippen molar-refractivity contribution in [1.29, 1.82) is 0 Å². The van der Waals surface area contributed by atoms with Crippen LogP contribution < -0.4 is 5.32 Å². The van der Waals surface area contributed by atoms with E-state index in [1.165, 1.54) is 19.3 Å². The number of hydrogen-bond acceptors (Lipinski definition) is 3. The molecular weight excluding hydrogens is 178 g/mol. The smallest absolute Gasteiger partial charge is 0.0615 e. The van der Waals surface area contributed by atoms with Crippen LogP contribution in [0.4, 0.5) is 0 Å². The van der Waals surface area contributed by atoms with E-state index in [2.05, 4.69) is 12.2 Å². The Balaban J connectivity index is 3.40. The molecule has 0 amide bonds. The van der Waals surface area contributed by atoms with E-state index in [1.54, 1.807) is 14.2 Å². The molecule has 0 heterocycles. The van der Waals surface area contributed by atoms with Gasteiger partial charge in [0.2, 0.25) is 0 Å². The Morgan fingerprint density at radius 1 is 1.14 bits per heavy atom. The third-order valence-corrected chi connectivity index (χ3v) is 2.23. The predicted molar refractivity (Wildman–Crippen MR) is 59.7 cm³/mol. The topological polar surface area (TPSA) is 30.5 Å². The van der Waals surface area contributed by atoms with Crippen LogP contribution in [0.5, 0.6) is 0 Å². The largest absolute Gasteiger partial charge is 0.385 e. The van der Waals surface area contributed by atoms with E-state index in [-0.39, 0.29) is 0 Å². The molecule has 0 aliphatic carbocycles. The van der Waals surface area contributed by atoms with Crippen LogP contribution in [0, 0.1) is 0 Å². The quantitative estimate of drug-likeness (QED) is 0.549. The molecule has 86 valence electrons. The van der Waals surface area contributed by atoms with Crippen molar-refractivity contribution in [3.8, 4) is 0 Å². The van der Waals surface area contributed by atoms with Gasteiger partial charge in [-0.2, -0.15) is 0 Å². The Kier molecular flexibility index (Phi) is 10.9. The predicted octanol–water partition coefficient (Wildman–Crippen LogP) is 1.82. The highest BCUT2D eigenvalue weighted by Gasteiger charge is 2.05. The Labute approximate surface area is 88.2 Å². The minimum atomic E-state index is 0.511. The summed E-state index contributed by atoms with van der Waals surface area (Å²) in [5, 5.41) is 3.49. The van der Waals surface area contributed by atoms with Gasteiger partial charge in [0.05, 0.1) is 6.61 Å². The van der Waals surface area contributed by atoms with Crippen molar-refractivity contribution < 1.29 is 9.47 Å². The fourth-order valence-electron chi connectivity index (χ4n) is 1.42. The normalized spacial score (nSPS) is 13.1. The molecule has 1 N–H and O–H groups in total. The lowest BCUT2D eigenvalue weighted by Gasteiger charge is -2.17. The first-order valence-corrected chi connectivity index (χ1v) is 5.56. The van der Waals surface area contributed by atoms with Gasteiger partial charge in [0.25, 0.3) is 0 Å². The maximum absolute atomic E-state index is 5.16. The number of ether oxygens (including phenoxy) is 2. The lowest BCUT2D eigenvalue weighted by Crippen LogP contribution is -2.34. The van der Waals surface area contributed by atoms with E-state index in [0.717, 1.165) is 26.2 Å². The van der Waals surface area contributed by atoms with E-state index < -0.39 is 0 Å². The Bertz CT molecular complexity index is 109. The van der Waals surface area contributed by atoms with Crippen molar-refractivity contribution in [1.82, 2.24) is 5.32 Å². The summed E-state index contributed by atoms with van der Waals surface area (Å²) in [6.45, 7) is 4.88. The van der Waals surface area contributed by atoms with Crippen LogP contribution in [0.25, 0.3) is 0 Å². The summed E-state index contributed by atoms with van der Waals surface area (Å²) in [5.74, 6) is 0. The van der Waals surface area contributed by atoms with Gasteiger partial charge in [-0.15, -0.1) is 0 Å². The highest BCUT2D eigenvalue weighted by Crippen LogP contribution is 2.00. The number of hydrogen-bond donors (Lipinski definition) is 1. The Morgan fingerprint density at radius 2 is 1.93 bits per heavy atom. The molecule has 0 aliphatic rings. The molecule has 0 rings (SSSR count). The highest BCUT2D eigenvalue weighted by atomic mass is 16.5. The maximum Gasteiger partial charge on any atom is 0.0615 e. The molecule has 0 aromatic carbocycles. The molecule has 3 heteroatoms. The Morgan fingerprint density at radius 3 is 2.50 bits per heavy atom. The molecule has 0 saturated heterocycles. The highest BCUT2D eigenvalue weighted by molar-refractivity contribution is 4.65. The van der Waals surface area contributed by atoms with E-state index in [1.807, 2.05) is 0 Å². The van der Waals surface area contributed by atoms with Gasteiger partial charge < -0.3 is 14.8 Å². The summed E-state index contributed by atoms with van der Waals surface area (Å²) in [4.78, 5) is 0. The summed E-state index contributed by atoms with van der Waals surface area (Å²) >= 11 is 0. The summed E-state index contributed by atoms with van der Waals surface area (Å²) in [5.41, 5.74) is 0. The fraction of sp³-hybridized carbons (Fsp3) is 1.00. The average molecular weight is 203 g/mol. The molecule has 3 nitrogen and oxygen atoms in total. The van der Waals surface area contributed by atoms with Crippen LogP contribution in [-0.4, -0.2) is 40.0 Å². The van der Waals surface area contributed by atoms with E-state index in [0.29, 0.717) is 6.04 Å². The van der Waals surface area contributed by atoms with Gasteiger partial charge >= 0.3 is 0 Å². The van der Waals surface area contributed by atoms with Gasteiger partial charge in [0, 0.05) is 26.9 Å². The molecule has 1 unspecified atom stereocenters. The molecule has 0 spiro atoms. The van der Waals surface area contributed by atoms with Crippen molar-refractivity contribution in [2.75, 3.05) is 34.0 Å². The second-order valence-corrected chi connectivity index (χ2v) is 3.59. The second-order valence-electron chi connectivity index (χ2n) is 3.59. The molecule has 0 fully saturated rings. The molecule has 0 aromatic heterocycles. The zero-order valence-electron chi connectivity index (χ0n) is 9.84. The molecular formula is C11H25NO2. The summed E-state index contributed by atoms with van der Waals surface area (Å²) in [6.07, 6.45) is 4.80. The molecule has 0 aliphatic heterocycles. The first kappa shape index (κ1) is 13.9. The van der Waals surface area contributed by atoms with Gasteiger partial charge in [-0.25, -0.2) is 0 Å². The van der Waals surface area contributed by atoms with Crippen molar-refractivity contribution >= 4 is 0 Å². The van der Waals surface area contributed by atoms with E-state index in [4.69, 9.17) is 9.47 Å². The maximum atomic E-state index is 5.16. The lowest BCUT2D eigenvalue weighted by molar-refractivity contribution is 0.156. The van der Waals surface area contributed by atoms with Gasteiger partial charge in [0.1, 0.15) is 0 Å². The van der Waals surface area contributed by atoms with Crippen LogP contribution in [0.3, 0.4) is 0 Å². The van der Waals surface area contributed by atoms with Gasteiger partial charge in [0.15, 0.2) is 0 Å². The van der Waals surface area contributed by atoms with Gasteiger partial charge in [-0.3, -0.25) is 0 Å². The van der Waals surface area contributed by atoms with Crippen LogP contribution >= 0.6 is 0 Å². The first-order chi connectivity index (χ1) is 6.85. The third-order valence-electron chi connectivity index (χ3n) is 2.23. The molecule has 1 atom stereocenters. The van der Waals surface area contributed by atoms with Crippen LogP contribution in [0.1, 0.15) is 32.6 Å². The fourth-order valence-corrected chi connectivity index (χ4v) is 1.42. The second kappa shape index (κ2) is 11.0. The third kappa shape index (κ3) is 8.48. The number of rotatable bonds is 10. The number of nitrogens with one attached hydrogen (secondary N) is 1. The summed E-state index contributed by atoms with van der Waals surface area (Å²) in [7, 11) is 3.50. The van der Waals surface area contributed by atoms with Crippen LogP contribution in [0.15, 0.2) is 0 Å². The number of methoxy groups -OCH3 is 2. The molecule has 0 radical (unpaired) electrons. The van der Waals surface area contributed by atoms with Crippen LogP contribution in [0.2, 0.25) is 0 Å². The molecule has 14 heavy (non-hydrogen) atoms. The average Bonchev–Trinajstić information content (AvgIpc) is 2.20. The summed E-state index contributed by atoms with van der Waals surface area (Å²) in [6, 6.07) is 0.511. The zero-order chi connectivity index (χ0) is 10.6. The van der Waals surface area contributed by atoms with Crippen molar-refractivity contribution in [3.63, 3.8) is 0 Å². The van der Waals surface area contributed by atoms with Gasteiger partial charge in [-0.05, 0) is 19.4 Å². The van der Waals surface area contributed by atoms with Crippen LogP contribution in [-0.2, 0) is 9.47 Å². The molecule has 0 bridgehead atoms. The number of unbranched alkanes of at least 4 members (excludes halogenated alkanes) is 1. The summed E-state index contributed by atoms with van der Waals surface area (Å²) < 4.78 is 10.2. The van der Waals surface area contributed by atoms with Gasteiger partial charge in [-0.1, -0.05) is 19.8 Å². The SMILES string of the molecule is CCCCC(COC)NCCCOC. The minimum Gasteiger partial charge on any atom is -0.385 e. The Hall–Kier alpha value is -0.120. The standard InChI is InChI=1S/C11H25NO2/c1-4-5-7-11(10-14-3)12-8-6-9-13-2/h11-12H,4-10H2,1-3H3. The molecule has 0 aromatic rings. The van der Waals surface area contributed by atoms with Crippen molar-refractivity contribution in [2.45, 2.75) is 38.6 Å². The van der Waals surface area contributed by atoms with E-state index in [9.17, 15) is 0 Å². The zero-order valence-corrected chi connectivity index (χ0v) is 9.84. The molecule has 0 saturated carbocycles. The lowest BCUT2D eigenvalue weighted by atomic mass is 10.1. The van der Waals surface area contributed by atoms with E-state index >= 15 is 0 Å².